The van der Waals surface area contributed by atoms with Crippen molar-refractivity contribution < 1.29 is 4.79 Å². The van der Waals surface area contributed by atoms with Gasteiger partial charge < -0.3 is 11.1 Å². The number of nitrogen functional groups attached to an aromatic ring is 1. The molecular formula is C13H18N2O. The highest BCUT2D eigenvalue weighted by molar-refractivity contribution is 5.96. The zero-order valence-electron chi connectivity index (χ0n) is 10.0. The minimum atomic E-state index is 0.00748. The van der Waals surface area contributed by atoms with Crippen molar-refractivity contribution in [3.8, 4) is 0 Å². The fraction of sp³-hybridized carbons (Fsp3) is 0.462. The molecule has 3 nitrogen and oxygen atoms in total. The molecule has 1 saturated carbocycles. The molecular weight excluding hydrogens is 200 g/mol. The molecule has 0 radical (unpaired) electrons. The van der Waals surface area contributed by atoms with Gasteiger partial charge in [0.1, 0.15) is 0 Å². The first-order valence-corrected chi connectivity index (χ1v) is 5.57. The molecule has 0 bridgehead atoms. The van der Waals surface area contributed by atoms with E-state index in [1.807, 2.05) is 13.0 Å². The first-order valence-electron chi connectivity index (χ1n) is 5.57. The molecule has 1 aromatic rings. The lowest BCUT2D eigenvalue weighted by atomic mass is 10.1. The van der Waals surface area contributed by atoms with E-state index in [4.69, 9.17) is 5.73 Å². The molecule has 3 N–H and O–H groups in total. The van der Waals surface area contributed by atoms with Gasteiger partial charge in [0, 0.05) is 17.3 Å². The molecule has 1 unspecified atom stereocenters. The number of hydrogen-bond donors (Lipinski definition) is 2. The molecule has 1 atom stereocenters. The SMILES string of the molecule is Cc1cc(N)ccc1C(=O)NC1CC1(C)C. The van der Waals surface area contributed by atoms with Crippen LogP contribution in [-0.2, 0) is 0 Å². The van der Waals surface area contributed by atoms with Crippen molar-refractivity contribution in [1.29, 1.82) is 0 Å². The number of anilines is 1. The third-order valence-corrected chi connectivity index (χ3v) is 3.31. The molecule has 1 aliphatic rings. The molecule has 1 aliphatic carbocycles. The van der Waals surface area contributed by atoms with Gasteiger partial charge in [-0.25, -0.2) is 0 Å². The van der Waals surface area contributed by atoms with E-state index in [0.29, 0.717) is 11.7 Å². The lowest BCUT2D eigenvalue weighted by molar-refractivity contribution is 0.0946. The second kappa shape index (κ2) is 3.51. The number of carbonyl (C=O) groups excluding carboxylic acids is 1. The maximum absolute atomic E-state index is 12.0. The average Bonchev–Trinajstić information content (AvgIpc) is 2.72. The summed E-state index contributed by atoms with van der Waals surface area (Å²) in [6, 6.07) is 5.69. The fourth-order valence-electron chi connectivity index (χ4n) is 1.89. The number of nitrogens with two attached hydrogens (primary N) is 1. The van der Waals surface area contributed by atoms with Crippen molar-refractivity contribution in [1.82, 2.24) is 5.32 Å². The summed E-state index contributed by atoms with van der Waals surface area (Å²) in [5.74, 6) is 0.00748. The van der Waals surface area contributed by atoms with E-state index in [0.717, 1.165) is 17.5 Å². The van der Waals surface area contributed by atoms with E-state index in [-0.39, 0.29) is 11.3 Å². The van der Waals surface area contributed by atoms with Gasteiger partial charge in [-0.15, -0.1) is 0 Å². The van der Waals surface area contributed by atoms with Crippen molar-refractivity contribution in [3.63, 3.8) is 0 Å². The van der Waals surface area contributed by atoms with Gasteiger partial charge in [-0.1, -0.05) is 13.8 Å². The fourth-order valence-corrected chi connectivity index (χ4v) is 1.89. The highest BCUT2D eigenvalue weighted by atomic mass is 16.1. The summed E-state index contributed by atoms with van der Waals surface area (Å²) in [6.45, 7) is 6.23. The van der Waals surface area contributed by atoms with Crippen LogP contribution < -0.4 is 11.1 Å². The number of rotatable bonds is 2. The smallest absolute Gasteiger partial charge is 0.251 e. The van der Waals surface area contributed by atoms with Crippen molar-refractivity contribution in [2.75, 3.05) is 5.73 Å². The maximum atomic E-state index is 12.0. The van der Waals surface area contributed by atoms with Gasteiger partial charge >= 0.3 is 0 Å². The second-order valence-corrected chi connectivity index (χ2v) is 5.29. The van der Waals surface area contributed by atoms with E-state index >= 15 is 0 Å². The summed E-state index contributed by atoms with van der Waals surface area (Å²) in [4.78, 5) is 12.0. The molecule has 1 amide bonds. The van der Waals surface area contributed by atoms with Crippen LogP contribution in [0.5, 0.6) is 0 Å². The monoisotopic (exact) mass is 218 g/mol. The summed E-state index contributed by atoms with van der Waals surface area (Å²) in [6.07, 6.45) is 1.06. The molecule has 3 heteroatoms. The molecule has 0 heterocycles. The molecule has 0 aliphatic heterocycles. The molecule has 0 aromatic heterocycles. The highest BCUT2D eigenvalue weighted by Crippen LogP contribution is 2.44. The third-order valence-electron chi connectivity index (χ3n) is 3.31. The van der Waals surface area contributed by atoms with E-state index < -0.39 is 0 Å². The van der Waals surface area contributed by atoms with E-state index in [1.165, 1.54) is 0 Å². The summed E-state index contributed by atoms with van der Waals surface area (Å²) >= 11 is 0. The van der Waals surface area contributed by atoms with Gasteiger partial charge in [0.15, 0.2) is 0 Å². The summed E-state index contributed by atoms with van der Waals surface area (Å²) in [5, 5.41) is 3.04. The maximum Gasteiger partial charge on any atom is 0.251 e. The summed E-state index contributed by atoms with van der Waals surface area (Å²) < 4.78 is 0. The molecule has 0 spiro atoms. The zero-order chi connectivity index (χ0) is 11.9. The molecule has 0 saturated heterocycles. The van der Waals surface area contributed by atoms with Crippen molar-refractivity contribution in [2.24, 2.45) is 5.41 Å². The second-order valence-electron chi connectivity index (χ2n) is 5.29. The molecule has 1 fully saturated rings. The van der Waals surface area contributed by atoms with E-state index in [9.17, 15) is 4.79 Å². The molecule has 16 heavy (non-hydrogen) atoms. The minimum Gasteiger partial charge on any atom is -0.399 e. The molecule has 1 aromatic carbocycles. The van der Waals surface area contributed by atoms with Gasteiger partial charge in [-0.2, -0.15) is 0 Å². The number of nitrogens with one attached hydrogen (secondary N) is 1. The number of amides is 1. The Morgan fingerprint density at radius 2 is 2.12 bits per heavy atom. The first kappa shape index (κ1) is 11.0. The Morgan fingerprint density at radius 1 is 1.50 bits per heavy atom. The lowest BCUT2D eigenvalue weighted by Gasteiger charge is -2.09. The zero-order valence-corrected chi connectivity index (χ0v) is 10.0. The van der Waals surface area contributed by atoms with Crippen LogP contribution >= 0.6 is 0 Å². The van der Waals surface area contributed by atoms with Gasteiger partial charge in [0.2, 0.25) is 0 Å². The van der Waals surface area contributed by atoms with Crippen LogP contribution in [0.2, 0.25) is 0 Å². The van der Waals surface area contributed by atoms with Crippen LogP contribution in [0, 0.1) is 12.3 Å². The van der Waals surface area contributed by atoms with Crippen LogP contribution in [0.25, 0.3) is 0 Å². The first-order chi connectivity index (χ1) is 7.40. The van der Waals surface area contributed by atoms with Crippen LogP contribution in [0.1, 0.15) is 36.2 Å². The Morgan fingerprint density at radius 3 is 2.62 bits per heavy atom. The van der Waals surface area contributed by atoms with E-state index in [2.05, 4.69) is 19.2 Å². The Kier molecular flexibility index (Phi) is 2.41. The predicted octanol–water partition coefficient (Wildman–Crippen LogP) is 2.11. The number of carbonyl (C=O) groups is 1. The van der Waals surface area contributed by atoms with Crippen molar-refractivity contribution >= 4 is 11.6 Å². The van der Waals surface area contributed by atoms with Crippen LogP contribution in [0.15, 0.2) is 18.2 Å². The number of aryl methyl sites for hydroxylation is 1. The lowest BCUT2D eigenvalue weighted by Crippen LogP contribution is -2.28. The Balaban J connectivity index is 2.10. The van der Waals surface area contributed by atoms with Gasteiger partial charge in [-0.05, 0) is 42.5 Å². The Bertz CT molecular complexity index is 438. The normalized spacial score (nSPS) is 21.6. The predicted molar refractivity (Wildman–Crippen MR) is 65.2 cm³/mol. The topological polar surface area (TPSA) is 55.1 Å². The molecule has 2 rings (SSSR count). The van der Waals surface area contributed by atoms with Crippen LogP contribution in [-0.4, -0.2) is 11.9 Å². The largest absolute Gasteiger partial charge is 0.399 e. The highest BCUT2D eigenvalue weighted by Gasteiger charge is 2.46. The van der Waals surface area contributed by atoms with Gasteiger partial charge in [-0.3, -0.25) is 4.79 Å². The van der Waals surface area contributed by atoms with Crippen LogP contribution in [0.3, 0.4) is 0 Å². The van der Waals surface area contributed by atoms with Gasteiger partial charge in [0.05, 0.1) is 0 Å². The number of benzene rings is 1. The van der Waals surface area contributed by atoms with Crippen molar-refractivity contribution in [2.45, 2.75) is 33.2 Å². The molecule has 86 valence electrons. The van der Waals surface area contributed by atoms with Gasteiger partial charge in [0.25, 0.3) is 5.91 Å². The van der Waals surface area contributed by atoms with Crippen LogP contribution in [0.4, 0.5) is 5.69 Å². The minimum absolute atomic E-state index is 0.00748. The standard InChI is InChI=1S/C13H18N2O/c1-8-6-9(14)4-5-10(8)12(16)15-11-7-13(11,2)3/h4-6,11H,7,14H2,1-3H3,(H,15,16). The van der Waals surface area contributed by atoms with E-state index in [1.54, 1.807) is 12.1 Å². The van der Waals surface area contributed by atoms with Crippen molar-refractivity contribution in [3.05, 3.63) is 29.3 Å². The average molecular weight is 218 g/mol. The number of hydrogen-bond acceptors (Lipinski definition) is 2. The Hall–Kier alpha value is -1.51. The third kappa shape index (κ3) is 2.03. The quantitative estimate of drug-likeness (QED) is 0.747. The summed E-state index contributed by atoms with van der Waals surface area (Å²) in [7, 11) is 0. The Labute approximate surface area is 96.0 Å². The summed E-state index contributed by atoms with van der Waals surface area (Å²) in [5.41, 5.74) is 8.26.